The van der Waals surface area contributed by atoms with E-state index in [-0.39, 0.29) is 32.1 Å². The van der Waals surface area contributed by atoms with Crippen molar-refractivity contribution in [2.75, 3.05) is 12.3 Å². The summed E-state index contributed by atoms with van der Waals surface area (Å²) < 4.78 is 45.9. The summed E-state index contributed by atoms with van der Waals surface area (Å²) in [7, 11) is 0. The minimum atomic E-state index is -3.83. The van der Waals surface area contributed by atoms with E-state index in [4.69, 9.17) is 40.5 Å². The van der Waals surface area contributed by atoms with Gasteiger partial charge < -0.3 is 16.2 Å². The zero-order valence-corrected chi connectivity index (χ0v) is 19.7. The lowest BCUT2D eigenvalue weighted by Crippen LogP contribution is -2.41. The van der Waals surface area contributed by atoms with Crippen LogP contribution in [0.1, 0.15) is 22.0 Å². The van der Waals surface area contributed by atoms with E-state index in [9.17, 15) is 18.7 Å². The molecule has 7 nitrogen and oxygen atoms in total. The number of rotatable bonds is 6. The molecule has 182 valence electrons. The molecule has 0 aliphatic rings. The molecular formula is C22H15Cl3F3N5O2. The number of aliphatic hydroxyl groups excluding tert-OH is 1. The highest BCUT2D eigenvalue weighted by atomic mass is 35.5. The Morgan fingerprint density at radius 3 is 2.54 bits per heavy atom. The second-order valence-electron chi connectivity index (χ2n) is 7.49. The highest BCUT2D eigenvalue weighted by Crippen LogP contribution is 2.35. The van der Waals surface area contributed by atoms with Crippen molar-refractivity contribution in [2.24, 2.45) is 0 Å². The fourth-order valence-electron chi connectivity index (χ4n) is 3.36. The van der Waals surface area contributed by atoms with E-state index in [1.807, 2.05) is 5.32 Å². The molecule has 0 spiro atoms. The van der Waals surface area contributed by atoms with Gasteiger partial charge in [-0.05, 0) is 47.5 Å². The Kier molecular flexibility index (Phi) is 6.83. The van der Waals surface area contributed by atoms with Gasteiger partial charge in [0.15, 0.2) is 5.65 Å². The van der Waals surface area contributed by atoms with Crippen molar-refractivity contribution in [1.82, 2.24) is 19.9 Å². The minimum absolute atomic E-state index is 0.0165. The summed E-state index contributed by atoms with van der Waals surface area (Å²) >= 11 is 17.6. The molecule has 2 heterocycles. The SMILES string of the molecule is Nc1nc2cc(-c3ccc(Cl)c(C(=O)NCC(F)(F)C(O)c4ccc(Cl)c(Cl)c4)c3F)ccn2n1. The van der Waals surface area contributed by atoms with E-state index in [1.165, 1.54) is 47.1 Å². The van der Waals surface area contributed by atoms with Gasteiger partial charge in [0.2, 0.25) is 5.95 Å². The fourth-order valence-corrected chi connectivity index (χ4v) is 3.90. The van der Waals surface area contributed by atoms with Gasteiger partial charge in [0.25, 0.3) is 11.8 Å². The number of nitrogens with one attached hydrogen (secondary N) is 1. The summed E-state index contributed by atoms with van der Waals surface area (Å²) in [5.41, 5.74) is 5.34. The number of benzene rings is 2. The predicted molar refractivity (Wildman–Crippen MR) is 127 cm³/mol. The number of alkyl halides is 2. The van der Waals surface area contributed by atoms with E-state index < -0.39 is 35.9 Å². The first-order valence-corrected chi connectivity index (χ1v) is 11.0. The third-order valence-electron chi connectivity index (χ3n) is 5.13. The lowest BCUT2D eigenvalue weighted by molar-refractivity contribution is -0.106. The maximum absolute atomic E-state index is 15.3. The van der Waals surface area contributed by atoms with E-state index in [0.717, 1.165) is 6.07 Å². The number of halogens is 6. The quantitative estimate of drug-likeness (QED) is 0.310. The Balaban J connectivity index is 1.57. The lowest BCUT2D eigenvalue weighted by Gasteiger charge is -2.23. The average molecular weight is 545 g/mol. The average Bonchev–Trinajstić information content (AvgIpc) is 3.18. The maximum Gasteiger partial charge on any atom is 0.294 e. The molecular weight excluding hydrogens is 530 g/mol. The molecule has 0 fully saturated rings. The number of hydrogen-bond acceptors (Lipinski definition) is 5. The number of fused-ring (bicyclic) bond motifs is 1. The largest absolute Gasteiger partial charge is 0.382 e. The highest BCUT2D eigenvalue weighted by Gasteiger charge is 2.40. The zero-order valence-electron chi connectivity index (χ0n) is 17.4. The number of pyridine rings is 1. The van der Waals surface area contributed by atoms with Crippen molar-refractivity contribution in [1.29, 1.82) is 0 Å². The summed E-state index contributed by atoms with van der Waals surface area (Å²) in [5.74, 6) is -6.03. The highest BCUT2D eigenvalue weighted by molar-refractivity contribution is 6.42. The van der Waals surface area contributed by atoms with Crippen molar-refractivity contribution in [3.05, 3.63) is 80.7 Å². The molecule has 0 bridgehead atoms. The Bertz CT molecular complexity index is 1450. The van der Waals surface area contributed by atoms with Gasteiger partial charge in [0.05, 0.1) is 27.2 Å². The number of amides is 1. The van der Waals surface area contributed by atoms with Crippen LogP contribution in [-0.2, 0) is 0 Å². The molecule has 0 aliphatic carbocycles. The van der Waals surface area contributed by atoms with Gasteiger partial charge in [-0.15, -0.1) is 5.10 Å². The third-order valence-corrected chi connectivity index (χ3v) is 6.18. The molecule has 0 saturated heterocycles. The molecule has 35 heavy (non-hydrogen) atoms. The summed E-state index contributed by atoms with van der Waals surface area (Å²) in [6, 6.07) is 9.11. The van der Waals surface area contributed by atoms with E-state index >= 15 is 4.39 Å². The number of nitrogens with zero attached hydrogens (tertiary/aromatic N) is 3. The minimum Gasteiger partial charge on any atom is -0.382 e. The summed E-state index contributed by atoms with van der Waals surface area (Å²) in [4.78, 5) is 16.6. The topological polar surface area (TPSA) is 106 Å². The van der Waals surface area contributed by atoms with Gasteiger partial charge in [0.1, 0.15) is 11.9 Å². The monoisotopic (exact) mass is 543 g/mol. The Hall–Kier alpha value is -3.05. The van der Waals surface area contributed by atoms with Crippen LogP contribution in [-0.4, -0.2) is 38.1 Å². The molecule has 0 radical (unpaired) electrons. The Morgan fingerprint density at radius 1 is 1.11 bits per heavy atom. The molecule has 0 aliphatic heterocycles. The normalized spacial score (nSPS) is 12.7. The van der Waals surface area contributed by atoms with Crippen molar-refractivity contribution in [2.45, 2.75) is 12.0 Å². The van der Waals surface area contributed by atoms with Gasteiger partial charge in [-0.1, -0.05) is 40.9 Å². The summed E-state index contributed by atoms with van der Waals surface area (Å²) in [6.07, 6.45) is -0.821. The number of aromatic nitrogens is 3. The number of carbonyl (C=O) groups is 1. The second-order valence-corrected chi connectivity index (χ2v) is 8.71. The molecule has 1 amide bonds. The van der Waals surface area contributed by atoms with Crippen LogP contribution in [0, 0.1) is 5.82 Å². The lowest BCUT2D eigenvalue weighted by atomic mass is 10.0. The van der Waals surface area contributed by atoms with Gasteiger partial charge in [-0.2, -0.15) is 4.98 Å². The molecule has 2 aromatic heterocycles. The van der Waals surface area contributed by atoms with Crippen LogP contribution < -0.4 is 11.1 Å². The molecule has 13 heteroatoms. The van der Waals surface area contributed by atoms with E-state index in [0.29, 0.717) is 11.2 Å². The first-order valence-electron chi connectivity index (χ1n) is 9.87. The van der Waals surface area contributed by atoms with Crippen LogP contribution >= 0.6 is 34.8 Å². The van der Waals surface area contributed by atoms with Crippen LogP contribution in [0.5, 0.6) is 0 Å². The molecule has 2 aromatic carbocycles. The van der Waals surface area contributed by atoms with Crippen LogP contribution in [0.25, 0.3) is 16.8 Å². The van der Waals surface area contributed by atoms with Gasteiger partial charge >= 0.3 is 0 Å². The third kappa shape index (κ3) is 5.01. The molecule has 1 atom stereocenters. The summed E-state index contributed by atoms with van der Waals surface area (Å²) in [5, 5.41) is 15.8. The molecule has 0 saturated carbocycles. The smallest absolute Gasteiger partial charge is 0.294 e. The van der Waals surface area contributed by atoms with Crippen LogP contribution in [0.15, 0.2) is 48.7 Å². The first kappa shape index (κ1) is 25.1. The van der Waals surface area contributed by atoms with Crippen molar-refractivity contribution in [3.8, 4) is 11.1 Å². The van der Waals surface area contributed by atoms with E-state index in [1.54, 1.807) is 0 Å². The van der Waals surface area contributed by atoms with Crippen LogP contribution in [0.2, 0.25) is 15.1 Å². The molecule has 4 aromatic rings. The fraction of sp³-hybridized carbons (Fsp3) is 0.136. The molecule has 4 N–H and O–H groups in total. The molecule has 1 unspecified atom stereocenters. The van der Waals surface area contributed by atoms with Gasteiger partial charge in [-0.3, -0.25) is 4.79 Å². The number of carbonyl (C=O) groups excluding carboxylic acids is 1. The number of anilines is 1. The predicted octanol–water partition coefficient (Wildman–Crippen LogP) is 5.18. The van der Waals surface area contributed by atoms with Crippen molar-refractivity contribution < 1.29 is 23.1 Å². The van der Waals surface area contributed by atoms with Crippen LogP contribution in [0.3, 0.4) is 0 Å². The number of aliphatic hydroxyl groups is 1. The summed E-state index contributed by atoms with van der Waals surface area (Å²) in [6.45, 7) is -1.31. The van der Waals surface area contributed by atoms with Gasteiger partial charge in [-0.25, -0.2) is 17.7 Å². The number of nitrogens with two attached hydrogens (primary N) is 1. The van der Waals surface area contributed by atoms with Gasteiger partial charge in [0, 0.05) is 11.8 Å². The maximum atomic E-state index is 15.3. The number of hydrogen-bond donors (Lipinski definition) is 3. The number of nitrogen functional groups attached to an aromatic ring is 1. The van der Waals surface area contributed by atoms with Crippen molar-refractivity contribution in [3.63, 3.8) is 0 Å². The standard InChI is InChI=1S/C22H15Cl3F3N5O2/c23-13-3-1-11(7-15(13)25)19(34)22(27,28)9-30-20(35)17-14(24)4-2-12(18(17)26)10-5-6-33-16(8-10)31-21(29)32-33/h1-8,19,34H,9H2,(H2,29,32)(H,30,35). The Labute approximate surface area is 211 Å². The zero-order chi connectivity index (χ0) is 25.5. The first-order chi connectivity index (χ1) is 16.5. The van der Waals surface area contributed by atoms with E-state index in [2.05, 4.69) is 10.1 Å². The second kappa shape index (κ2) is 9.54. The molecule has 4 rings (SSSR count). The van der Waals surface area contributed by atoms with Crippen LogP contribution in [0.4, 0.5) is 19.1 Å². The van der Waals surface area contributed by atoms with Crippen molar-refractivity contribution >= 4 is 52.3 Å². The Morgan fingerprint density at radius 2 is 1.83 bits per heavy atom.